The highest BCUT2D eigenvalue weighted by Crippen LogP contribution is 2.34. The van der Waals surface area contributed by atoms with Crippen molar-refractivity contribution < 1.29 is 0 Å². The van der Waals surface area contributed by atoms with Crippen LogP contribution in [0.4, 0.5) is 0 Å². The molecule has 1 N–H and O–H groups in total. The van der Waals surface area contributed by atoms with Crippen molar-refractivity contribution in [1.29, 1.82) is 0 Å². The SMILES string of the molecule is CCC(C)(C)C1NCCS1. The van der Waals surface area contributed by atoms with Crippen LogP contribution in [0.25, 0.3) is 0 Å². The fourth-order valence-electron chi connectivity index (χ4n) is 1.11. The van der Waals surface area contributed by atoms with Crippen LogP contribution in [0.2, 0.25) is 0 Å². The molecule has 1 unspecified atom stereocenters. The summed E-state index contributed by atoms with van der Waals surface area (Å²) in [5.74, 6) is 1.29. The van der Waals surface area contributed by atoms with Gasteiger partial charge in [0.25, 0.3) is 0 Å². The monoisotopic (exact) mass is 159 g/mol. The highest BCUT2D eigenvalue weighted by Gasteiger charge is 2.30. The molecule has 60 valence electrons. The molecule has 0 radical (unpaired) electrons. The minimum Gasteiger partial charge on any atom is -0.304 e. The second kappa shape index (κ2) is 3.14. The van der Waals surface area contributed by atoms with E-state index >= 15 is 0 Å². The van der Waals surface area contributed by atoms with Gasteiger partial charge in [-0.2, -0.15) is 0 Å². The molecule has 1 aliphatic heterocycles. The van der Waals surface area contributed by atoms with Gasteiger partial charge in [-0.25, -0.2) is 0 Å². The molecule has 0 aromatic heterocycles. The lowest BCUT2D eigenvalue weighted by molar-refractivity contribution is 0.313. The molecule has 0 aromatic carbocycles. The molecular formula is C8H17NS. The third-order valence-electron chi connectivity index (χ3n) is 2.34. The van der Waals surface area contributed by atoms with E-state index in [1.54, 1.807) is 0 Å². The largest absolute Gasteiger partial charge is 0.304 e. The number of hydrogen-bond donors (Lipinski definition) is 1. The smallest absolute Gasteiger partial charge is 0.0584 e. The van der Waals surface area contributed by atoms with E-state index in [-0.39, 0.29) is 0 Å². The van der Waals surface area contributed by atoms with Gasteiger partial charge in [-0.3, -0.25) is 0 Å². The average Bonchev–Trinajstić information content (AvgIpc) is 2.38. The van der Waals surface area contributed by atoms with E-state index in [1.807, 2.05) is 0 Å². The summed E-state index contributed by atoms with van der Waals surface area (Å²) in [5, 5.41) is 4.20. The maximum absolute atomic E-state index is 3.51. The molecule has 1 fully saturated rings. The first-order valence-corrected chi connectivity index (χ1v) is 5.06. The van der Waals surface area contributed by atoms with Crippen LogP contribution in [0.3, 0.4) is 0 Å². The molecule has 0 aromatic rings. The lowest BCUT2D eigenvalue weighted by Gasteiger charge is -2.29. The Morgan fingerprint density at radius 3 is 2.70 bits per heavy atom. The Labute approximate surface area is 68.0 Å². The zero-order chi connectivity index (χ0) is 7.61. The van der Waals surface area contributed by atoms with E-state index in [4.69, 9.17) is 0 Å². The van der Waals surface area contributed by atoms with Crippen molar-refractivity contribution in [1.82, 2.24) is 5.32 Å². The van der Waals surface area contributed by atoms with Crippen LogP contribution in [0.5, 0.6) is 0 Å². The van der Waals surface area contributed by atoms with Gasteiger partial charge in [0.1, 0.15) is 0 Å². The first kappa shape index (κ1) is 8.41. The quantitative estimate of drug-likeness (QED) is 0.662. The predicted octanol–water partition coefficient (Wildman–Crippen LogP) is 2.09. The lowest BCUT2D eigenvalue weighted by atomic mass is 9.90. The second-order valence-electron chi connectivity index (χ2n) is 3.55. The third-order valence-corrected chi connectivity index (χ3v) is 3.92. The van der Waals surface area contributed by atoms with E-state index in [2.05, 4.69) is 37.8 Å². The Morgan fingerprint density at radius 2 is 2.30 bits per heavy atom. The summed E-state index contributed by atoms with van der Waals surface area (Å²) < 4.78 is 0. The molecule has 1 aliphatic rings. The first-order valence-electron chi connectivity index (χ1n) is 4.02. The van der Waals surface area contributed by atoms with Gasteiger partial charge in [0, 0.05) is 12.3 Å². The van der Waals surface area contributed by atoms with E-state index in [9.17, 15) is 0 Å². The molecule has 1 saturated heterocycles. The zero-order valence-electron chi connectivity index (χ0n) is 7.11. The maximum atomic E-state index is 3.51. The molecule has 1 nitrogen and oxygen atoms in total. The van der Waals surface area contributed by atoms with Crippen LogP contribution in [-0.4, -0.2) is 17.7 Å². The van der Waals surface area contributed by atoms with Crippen LogP contribution >= 0.6 is 11.8 Å². The summed E-state index contributed by atoms with van der Waals surface area (Å²) in [6, 6.07) is 0. The third kappa shape index (κ3) is 1.67. The second-order valence-corrected chi connectivity index (χ2v) is 4.76. The summed E-state index contributed by atoms with van der Waals surface area (Å²) >= 11 is 2.06. The van der Waals surface area contributed by atoms with Gasteiger partial charge < -0.3 is 5.32 Å². The van der Waals surface area contributed by atoms with Crippen LogP contribution in [0.1, 0.15) is 27.2 Å². The molecular weight excluding hydrogens is 142 g/mol. The van der Waals surface area contributed by atoms with Gasteiger partial charge in [-0.05, 0) is 11.8 Å². The van der Waals surface area contributed by atoms with Crippen molar-refractivity contribution in [3.8, 4) is 0 Å². The molecule has 2 heteroatoms. The maximum Gasteiger partial charge on any atom is 0.0584 e. The number of rotatable bonds is 2. The Hall–Kier alpha value is 0.310. The van der Waals surface area contributed by atoms with Gasteiger partial charge >= 0.3 is 0 Å². The van der Waals surface area contributed by atoms with Crippen LogP contribution in [0, 0.1) is 5.41 Å². The van der Waals surface area contributed by atoms with Crippen LogP contribution in [-0.2, 0) is 0 Å². The topological polar surface area (TPSA) is 12.0 Å². The minimum atomic E-state index is 0.473. The molecule has 0 aliphatic carbocycles. The van der Waals surface area contributed by atoms with Crippen molar-refractivity contribution in [2.45, 2.75) is 32.6 Å². The molecule has 0 amide bonds. The summed E-state index contributed by atoms with van der Waals surface area (Å²) in [6.07, 6.45) is 1.26. The van der Waals surface area contributed by atoms with E-state index in [0.29, 0.717) is 10.8 Å². The van der Waals surface area contributed by atoms with Gasteiger partial charge in [-0.1, -0.05) is 20.8 Å². The fraction of sp³-hybridized carbons (Fsp3) is 1.00. The van der Waals surface area contributed by atoms with Crippen molar-refractivity contribution in [3.63, 3.8) is 0 Å². The summed E-state index contributed by atoms with van der Waals surface area (Å²) in [5.41, 5.74) is 0.473. The van der Waals surface area contributed by atoms with E-state index in [0.717, 1.165) is 0 Å². The average molecular weight is 159 g/mol. The number of nitrogens with one attached hydrogen (secondary N) is 1. The lowest BCUT2D eigenvalue weighted by Crippen LogP contribution is -2.34. The van der Waals surface area contributed by atoms with E-state index < -0.39 is 0 Å². The summed E-state index contributed by atoms with van der Waals surface area (Å²) in [7, 11) is 0. The summed E-state index contributed by atoms with van der Waals surface area (Å²) in [6.45, 7) is 8.13. The molecule has 10 heavy (non-hydrogen) atoms. The van der Waals surface area contributed by atoms with Gasteiger partial charge in [0.2, 0.25) is 0 Å². The molecule has 1 rings (SSSR count). The predicted molar refractivity (Wildman–Crippen MR) is 48.3 cm³/mol. The molecule has 0 bridgehead atoms. The van der Waals surface area contributed by atoms with Crippen molar-refractivity contribution in [3.05, 3.63) is 0 Å². The Bertz CT molecular complexity index is 106. The Kier molecular flexibility index (Phi) is 2.64. The number of thioether (sulfide) groups is 1. The van der Waals surface area contributed by atoms with Crippen LogP contribution < -0.4 is 5.32 Å². The van der Waals surface area contributed by atoms with Crippen molar-refractivity contribution in [2.75, 3.05) is 12.3 Å². The number of hydrogen-bond acceptors (Lipinski definition) is 2. The Balaban J connectivity index is 2.45. The van der Waals surface area contributed by atoms with Crippen molar-refractivity contribution >= 4 is 11.8 Å². The molecule has 0 saturated carbocycles. The summed E-state index contributed by atoms with van der Waals surface area (Å²) in [4.78, 5) is 0. The molecule has 0 spiro atoms. The van der Waals surface area contributed by atoms with Gasteiger partial charge in [0.05, 0.1) is 5.37 Å². The highest BCUT2D eigenvalue weighted by atomic mass is 32.2. The Morgan fingerprint density at radius 1 is 1.60 bits per heavy atom. The van der Waals surface area contributed by atoms with Gasteiger partial charge in [0.15, 0.2) is 0 Å². The van der Waals surface area contributed by atoms with Gasteiger partial charge in [-0.15, -0.1) is 11.8 Å². The van der Waals surface area contributed by atoms with Crippen molar-refractivity contribution in [2.24, 2.45) is 5.41 Å². The molecule has 1 heterocycles. The zero-order valence-corrected chi connectivity index (χ0v) is 7.92. The molecule has 1 atom stereocenters. The van der Waals surface area contributed by atoms with Crippen LogP contribution in [0.15, 0.2) is 0 Å². The fourth-order valence-corrected chi connectivity index (χ4v) is 2.44. The minimum absolute atomic E-state index is 0.473. The first-order chi connectivity index (χ1) is 4.67. The van der Waals surface area contributed by atoms with E-state index in [1.165, 1.54) is 18.7 Å². The standard InChI is InChI=1S/C8H17NS/c1-4-8(2,3)7-9-5-6-10-7/h7,9H,4-6H2,1-3H3. The highest BCUT2D eigenvalue weighted by molar-refractivity contribution is 8.00. The normalized spacial score (nSPS) is 27.3.